The van der Waals surface area contributed by atoms with Crippen LogP contribution in [0.1, 0.15) is 51.1 Å². The van der Waals surface area contributed by atoms with Crippen LogP contribution in [0.4, 0.5) is 4.39 Å². The number of halogens is 2. The maximum absolute atomic E-state index is 13.3. The predicted octanol–water partition coefficient (Wildman–Crippen LogP) is 4.49. The van der Waals surface area contributed by atoms with Gasteiger partial charge in [-0.1, -0.05) is 41.8 Å². The Morgan fingerprint density at radius 2 is 2.10 bits per heavy atom. The van der Waals surface area contributed by atoms with Crippen molar-refractivity contribution >= 4 is 15.9 Å². The van der Waals surface area contributed by atoms with Crippen molar-refractivity contribution in [3.8, 4) is 0 Å². The second-order valence-electron chi connectivity index (χ2n) is 6.02. The molecule has 1 aromatic carbocycles. The van der Waals surface area contributed by atoms with E-state index in [2.05, 4.69) is 34.7 Å². The molecule has 1 fully saturated rings. The summed E-state index contributed by atoms with van der Waals surface area (Å²) >= 11 is 3.51. The van der Waals surface area contributed by atoms with Gasteiger partial charge in [-0.2, -0.15) is 0 Å². The van der Waals surface area contributed by atoms with Gasteiger partial charge in [-0.25, -0.2) is 4.39 Å². The van der Waals surface area contributed by atoms with E-state index in [1.807, 2.05) is 6.07 Å². The standard InChI is InChI=1S/C17H26BrFN2/c1-3-21(17-7-5-4-6-13(17)11-20)12(2)15-9-8-14(19)10-16(15)18/h8-10,12-13,17H,3-7,11,20H2,1-2H3. The first-order valence-corrected chi connectivity index (χ1v) is 8.78. The highest BCUT2D eigenvalue weighted by Gasteiger charge is 2.31. The first-order valence-electron chi connectivity index (χ1n) is 7.99. The molecule has 118 valence electrons. The van der Waals surface area contributed by atoms with E-state index in [1.54, 1.807) is 12.1 Å². The first-order chi connectivity index (χ1) is 10.1. The quantitative estimate of drug-likeness (QED) is 0.841. The summed E-state index contributed by atoms with van der Waals surface area (Å²) in [7, 11) is 0. The van der Waals surface area contributed by atoms with E-state index in [0.29, 0.717) is 12.0 Å². The van der Waals surface area contributed by atoms with Gasteiger partial charge in [-0.05, 0) is 56.5 Å². The third kappa shape index (κ3) is 3.85. The van der Waals surface area contributed by atoms with Crippen molar-refractivity contribution in [2.45, 2.75) is 51.6 Å². The molecule has 0 bridgehead atoms. The fraction of sp³-hybridized carbons (Fsp3) is 0.647. The lowest BCUT2D eigenvalue weighted by Crippen LogP contribution is -2.46. The lowest BCUT2D eigenvalue weighted by molar-refractivity contribution is 0.0766. The smallest absolute Gasteiger partial charge is 0.124 e. The van der Waals surface area contributed by atoms with Crippen LogP contribution >= 0.6 is 15.9 Å². The van der Waals surface area contributed by atoms with Gasteiger partial charge in [-0.15, -0.1) is 0 Å². The number of nitrogens with zero attached hydrogens (tertiary/aromatic N) is 1. The van der Waals surface area contributed by atoms with E-state index < -0.39 is 0 Å². The van der Waals surface area contributed by atoms with Crippen molar-refractivity contribution in [2.75, 3.05) is 13.1 Å². The molecule has 3 atom stereocenters. The average Bonchev–Trinajstić information content (AvgIpc) is 2.48. The van der Waals surface area contributed by atoms with Crippen LogP contribution in [0.15, 0.2) is 22.7 Å². The minimum absolute atomic E-state index is 0.196. The highest BCUT2D eigenvalue weighted by molar-refractivity contribution is 9.10. The Balaban J connectivity index is 2.22. The van der Waals surface area contributed by atoms with Gasteiger partial charge < -0.3 is 5.73 Å². The lowest BCUT2D eigenvalue weighted by atomic mass is 9.82. The molecule has 21 heavy (non-hydrogen) atoms. The van der Waals surface area contributed by atoms with Crippen LogP contribution in [0.3, 0.4) is 0 Å². The fourth-order valence-corrected chi connectivity index (χ4v) is 4.40. The van der Waals surface area contributed by atoms with Gasteiger partial charge in [0.1, 0.15) is 5.82 Å². The van der Waals surface area contributed by atoms with Gasteiger partial charge in [0.2, 0.25) is 0 Å². The maximum Gasteiger partial charge on any atom is 0.124 e. The molecular formula is C17H26BrFN2. The number of nitrogens with two attached hydrogens (primary N) is 1. The van der Waals surface area contributed by atoms with E-state index in [0.717, 1.165) is 23.1 Å². The Morgan fingerprint density at radius 1 is 1.38 bits per heavy atom. The van der Waals surface area contributed by atoms with Crippen LogP contribution in [-0.2, 0) is 0 Å². The number of hydrogen-bond acceptors (Lipinski definition) is 2. The van der Waals surface area contributed by atoms with Crippen molar-refractivity contribution in [1.29, 1.82) is 0 Å². The zero-order valence-corrected chi connectivity index (χ0v) is 14.6. The highest BCUT2D eigenvalue weighted by atomic mass is 79.9. The Morgan fingerprint density at radius 3 is 2.71 bits per heavy atom. The van der Waals surface area contributed by atoms with E-state index in [1.165, 1.54) is 25.7 Å². The zero-order chi connectivity index (χ0) is 15.4. The molecule has 0 aromatic heterocycles. The molecule has 1 aliphatic rings. The molecule has 0 spiro atoms. The summed E-state index contributed by atoms with van der Waals surface area (Å²) in [4.78, 5) is 2.54. The lowest BCUT2D eigenvalue weighted by Gasteiger charge is -2.42. The predicted molar refractivity (Wildman–Crippen MR) is 89.7 cm³/mol. The van der Waals surface area contributed by atoms with Crippen LogP contribution in [-0.4, -0.2) is 24.0 Å². The fourth-order valence-electron chi connectivity index (χ4n) is 3.71. The van der Waals surface area contributed by atoms with E-state index in [4.69, 9.17) is 5.73 Å². The summed E-state index contributed by atoms with van der Waals surface area (Å²) in [5.74, 6) is 0.388. The molecule has 2 N–H and O–H groups in total. The van der Waals surface area contributed by atoms with Gasteiger partial charge in [0.15, 0.2) is 0 Å². The van der Waals surface area contributed by atoms with Crippen molar-refractivity contribution in [3.05, 3.63) is 34.1 Å². The monoisotopic (exact) mass is 356 g/mol. The van der Waals surface area contributed by atoms with Crippen molar-refractivity contribution in [3.63, 3.8) is 0 Å². The Kier molecular flexibility index (Phi) is 6.20. The molecule has 3 unspecified atom stereocenters. The van der Waals surface area contributed by atoms with Crippen molar-refractivity contribution in [1.82, 2.24) is 4.90 Å². The van der Waals surface area contributed by atoms with Gasteiger partial charge in [0.05, 0.1) is 0 Å². The second-order valence-corrected chi connectivity index (χ2v) is 6.87. The third-order valence-corrected chi connectivity index (χ3v) is 5.56. The summed E-state index contributed by atoms with van der Waals surface area (Å²) < 4.78 is 14.2. The van der Waals surface area contributed by atoms with Crippen molar-refractivity contribution in [2.24, 2.45) is 11.7 Å². The Bertz CT molecular complexity index is 466. The van der Waals surface area contributed by atoms with Gasteiger partial charge in [0.25, 0.3) is 0 Å². The minimum Gasteiger partial charge on any atom is -0.330 e. The first kappa shape index (κ1) is 16.9. The number of benzene rings is 1. The minimum atomic E-state index is -0.196. The SMILES string of the molecule is CCN(C(C)c1ccc(F)cc1Br)C1CCCCC1CN. The van der Waals surface area contributed by atoms with Crippen LogP contribution in [0.2, 0.25) is 0 Å². The van der Waals surface area contributed by atoms with Crippen LogP contribution < -0.4 is 5.73 Å². The molecule has 0 amide bonds. The van der Waals surface area contributed by atoms with E-state index in [9.17, 15) is 4.39 Å². The summed E-state index contributed by atoms with van der Waals surface area (Å²) in [5, 5.41) is 0. The zero-order valence-electron chi connectivity index (χ0n) is 13.0. The molecule has 4 heteroatoms. The number of rotatable bonds is 5. The van der Waals surface area contributed by atoms with Crippen LogP contribution in [0, 0.1) is 11.7 Å². The summed E-state index contributed by atoms with van der Waals surface area (Å²) in [6.07, 6.45) is 5.04. The Labute approximate surface area is 136 Å². The molecular weight excluding hydrogens is 331 g/mol. The normalized spacial score (nSPS) is 24.3. The largest absolute Gasteiger partial charge is 0.330 e. The van der Waals surface area contributed by atoms with Gasteiger partial charge in [-0.3, -0.25) is 4.90 Å². The summed E-state index contributed by atoms with van der Waals surface area (Å²) in [6, 6.07) is 5.81. The molecule has 0 saturated heterocycles. The number of hydrogen-bond donors (Lipinski definition) is 1. The molecule has 1 aliphatic carbocycles. The third-order valence-electron chi connectivity index (χ3n) is 4.87. The molecule has 1 aromatic rings. The van der Waals surface area contributed by atoms with Crippen LogP contribution in [0.5, 0.6) is 0 Å². The molecule has 0 aliphatic heterocycles. The van der Waals surface area contributed by atoms with Gasteiger partial charge >= 0.3 is 0 Å². The summed E-state index contributed by atoms with van der Waals surface area (Å²) in [5.41, 5.74) is 7.14. The summed E-state index contributed by atoms with van der Waals surface area (Å²) in [6.45, 7) is 6.17. The second kappa shape index (κ2) is 7.70. The molecule has 2 rings (SSSR count). The molecule has 0 heterocycles. The van der Waals surface area contributed by atoms with Crippen LogP contribution in [0.25, 0.3) is 0 Å². The van der Waals surface area contributed by atoms with Gasteiger partial charge in [0, 0.05) is 16.6 Å². The van der Waals surface area contributed by atoms with E-state index in [-0.39, 0.29) is 11.9 Å². The molecule has 0 radical (unpaired) electrons. The van der Waals surface area contributed by atoms with E-state index >= 15 is 0 Å². The Hall–Kier alpha value is -0.450. The molecule has 1 saturated carbocycles. The maximum atomic E-state index is 13.3. The highest BCUT2D eigenvalue weighted by Crippen LogP contribution is 2.35. The average molecular weight is 357 g/mol. The molecule has 2 nitrogen and oxygen atoms in total. The topological polar surface area (TPSA) is 29.3 Å². The van der Waals surface area contributed by atoms with Crippen molar-refractivity contribution < 1.29 is 4.39 Å².